The number of thiol groups is 1. The van der Waals surface area contributed by atoms with Crippen LogP contribution in [0.25, 0.3) is 0 Å². The summed E-state index contributed by atoms with van der Waals surface area (Å²) in [7, 11) is 0. The highest BCUT2D eigenvalue weighted by atomic mass is 32.1. The molecule has 1 saturated heterocycles. The molecule has 1 aromatic rings. The Morgan fingerprint density at radius 3 is 2.63 bits per heavy atom. The average molecular weight is 296 g/mol. The minimum Gasteiger partial charge on any atom is -0.253 e. The minimum absolute atomic E-state index is 0.505. The summed E-state index contributed by atoms with van der Waals surface area (Å²) < 4.78 is 2.17. The molecule has 0 saturated carbocycles. The second-order valence-corrected chi connectivity index (χ2v) is 8.76. The third-order valence-corrected chi connectivity index (χ3v) is 6.87. The van der Waals surface area contributed by atoms with Crippen LogP contribution in [0.1, 0.15) is 59.9 Å². The lowest BCUT2D eigenvalue weighted by molar-refractivity contribution is 0.317. The molecule has 3 rings (SSSR count). The quantitative estimate of drug-likeness (QED) is 0.741. The first-order chi connectivity index (χ1) is 8.96. The van der Waals surface area contributed by atoms with Crippen molar-refractivity contribution in [1.29, 1.82) is 0 Å². The van der Waals surface area contributed by atoms with E-state index in [-0.39, 0.29) is 0 Å². The molecule has 106 valence electrons. The number of rotatable bonds is 1. The summed E-state index contributed by atoms with van der Waals surface area (Å²) in [6.07, 6.45) is 6.52. The van der Waals surface area contributed by atoms with Crippen molar-refractivity contribution in [1.82, 2.24) is 4.31 Å². The first-order valence-electron chi connectivity index (χ1n) is 7.51. The molecule has 0 atom stereocenters. The molecule has 0 aromatic carbocycles. The summed E-state index contributed by atoms with van der Waals surface area (Å²) in [5, 5.41) is 0. The van der Waals surface area contributed by atoms with Gasteiger partial charge in [-0.3, -0.25) is 4.31 Å². The number of aryl methyl sites for hydroxylation is 1. The van der Waals surface area contributed by atoms with E-state index in [9.17, 15) is 0 Å². The fourth-order valence-electron chi connectivity index (χ4n) is 3.60. The van der Waals surface area contributed by atoms with Gasteiger partial charge in [-0.05, 0) is 61.5 Å². The molecule has 0 unspecified atom stereocenters. The summed E-state index contributed by atoms with van der Waals surface area (Å²) in [5.41, 5.74) is 3.83. The van der Waals surface area contributed by atoms with Crippen LogP contribution in [0.5, 0.6) is 0 Å². The zero-order valence-corrected chi connectivity index (χ0v) is 14.0. The molecule has 3 heteroatoms. The number of fused-ring (bicyclic) bond motifs is 1. The van der Waals surface area contributed by atoms with Crippen LogP contribution in [0.15, 0.2) is 0 Å². The Balaban J connectivity index is 1.86. The van der Waals surface area contributed by atoms with Crippen molar-refractivity contribution in [2.45, 2.75) is 58.8 Å². The molecule has 1 aliphatic heterocycles. The van der Waals surface area contributed by atoms with E-state index in [1.807, 2.05) is 0 Å². The smallest absolute Gasteiger partial charge is 0.0112 e. The number of hydrogen-bond donors (Lipinski definition) is 1. The third-order valence-electron chi connectivity index (χ3n) is 4.92. The van der Waals surface area contributed by atoms with Crippen molar-refractivity contribution >= 4 is 24.2 Å². The lowest BCUT2D eigenvalue weighted by atomic mass is 9.75. The molecule has 2 aliphatic rings. The van der Waals surface area contributed by atoms with Crippen LogP contribution in [0, 0.1) is 12.3 Å². The van der Waals surface area contributed by atoms with Gasteiger partial charge >= 0.3 is 0 Å². The van der Waals surface area contributed by atoms with Crippen molar-refractivity contribution in [2.24, 2.45) is 5.41 Å². The first-order valence-corrected chi connectivity index (χ1v) is 8.73. The van der Waals surface area contributed by atoms with Crippen LogP contribution in [-0.4, -0.2) is 17.4 Å². The van der Waals surface area contributed by atoms with E-state index < -0.39 is 0 Å². The Hall–Kier alpha value is 0.0100. The second-order valence-electron chi connectivity index (χ2n) is 7.06. The standard InChI is InChI=1S/C16H25NS2/c1-11-13-10-16(2,3)7-4-14(13)19-15(11)12-5-8-17(18)9-6-12/h12,18H,4-10H2,1-3H3. The van der Waals surface area contributed by atoms with E-state index in [0.29, 0.717) is 5.41 Å². The average Bonchev–Trinajstić information content (AvgIpc) is 2.67. The van der Waals surface area contributed by atoms with Crippen LogP contribution in [0.2, 0.25) is 0 Å². The molecule has 0 radical (unpaired) electrons. The Kier molecular flexibility index (Phi) is 3.74. The van der Waals surface area contributed by atoms with Crippen molar-refractivity contribution in [2.75, 3.05) is 13.1 Å². The van der Waals surface area contributed by atoms with Gasteiger partial charge in [-0.15, -0.1) is 11.3 Å². The minimum atomic E-state index is 0.505. The summed E-state index contributed by atoms with van der Waals surface area (Å²) >= 11 is 6.60. The Bertz CT molecular complexity index is 467. The van der Waals surface area contributed by atoms with Crippen molar-refractivity contribution < 1.29 is 0 Å². The van der Waals surface area contributed by atoms with Gasteiger partial charge in [0.25, 0.3) is 0 Å². The molecule has 2 heterocycles. The van der Waals surface area contributed by atoms with Crippen molar-refractivity contribution in [3.8, 4) is 0 Å². The summed E-state index contributed by atoms with van der Waals surface area (Å²) in [6, 6.07) is 0. The SMILES string of the molecule is Cc1c(C2CCN(S)CC2)sc2c1CC(C)(C)CC2. The van der Waals surface area contributed by atoms with E-state index in [2.05, 4.69) is 49.2 Å². The topological polar surface area (TPSA) is 3.24 Å². The maximum Gasteiger partial charge on any atom is 0.0112 e. The fraction of sp³-hybridized carbons (Fsp3) is 0.750. The predicted molar refractivity (Wildman–Crippen MR) is 87.4 cm³/mol. The monoisotopic (exact) mass is 295 g/mol. The van der Waals surface area contributed by atoms with Gasteiger partial charge in [0.05, 0.1) is 0 Å². The summed E-state index contributed by atoms with van der Waals surface area (Å²) in [5.74, 6) is 0.794. The van der Waals surface area contributed by atoms with Gasteiger partial charge < -0.3 is 0 Å². The number of hydrogen-bond acceptors (Lipinski definition) is 3. The molecule has 19 heavy (non-hydrogen) atoms. The molecule has 1 aromatic heterocycles. The molecule has 0 bridgehead atoms. The molecule has 1 fully saturated rings. The Morgan fingerprint density at radius 1 is 1.26 bits per heavy atom. The predicted octanol–water partition coefficient (Wildman–Crippen LogP) is 4.60. The molecule has 1 aliphatic carbocycles. The highest BCUT2D eigenvalue weighted by Gasteiger charge is 2.31. The Morgan fingerprint density at radius 2 is 1.95 bits per heavy atom. The Labute approximate surface area is 126 Å². The maximum atomic E-state index is 4.47. The summed E-state index contributed by atoms with van der Waals surface area (Å²) in [4.78, 5) is 3.39. The lowest BCUT2D eigenvalue weighted by Crippen LogP contribution is -2.25. The zero-order valence-electron chi connectivity index (χ0n) is 12.3. The number of nitrogens with zero attached hydrogens (tertiary/aromatic N) is 1. The van der Waals surface area contributed by atoms with Crippen LogP contribution in [0.4, 0.5) is 0 Å². The van der Waals surface area contributed by atoms with Gasteiger partial charge in [0.15, 0.2) is 0 Å². The molecular formula is C16H25NS2. The van der Waals surface area contributed by atoms with Gasteiger partial charge in [0.2, 0.25) is 0 Å². The summed E-state index contributed by atoms with van der Waals surface area (Å²) in [6.45, 7) is 9.50. The van der Waals surface area contributed by atoms with Gasteiger partial charge in [0, 0.05) is 22.8 Å². The largest absolute Gasteiger partial charge is 0.253 e. The van der Waals surface area contributed by atoms with E-state index in [0.717, 1.165) is 19.0 Å². The molecule has 1 nitrogen and oxygen atoms in total. The van der Waals surface area contributed by atoms with Crippen molar-refractivity contribution in [3.05, 3.63) is 20.9 Å². The third kappa shape index (κ3) is 2.74. The first kappa shape index (κ1) is 14.0. The zero-order chi connectivity index (χ0) is 13.6. The molecular weight excluding hydrogens is 270 g/mol. The van der Waals surface area contributed by atoms with Crippen LogP contribution >= 0.6 is 24.2 Å². The van der Waals surface area contributed by atoms with Crippen LogP contribution in [0.3, 0.4) is 0 Å². The molecule has 0 N–H and O–H groups in total. The normalized spacial score (nSPS) is 24.4. The van der Waals surface area contributed by atoms with Gasteiger partial charge in [0.1, 0.15) is 0 Å². The van der Waals surface area contributed by atoms with E-state index in [1.165, 1.54) is 32.1 Å². The van der Waals surface area contributed by atoms with Gasteiger partial charge in [-0.2, -0.15) is 0 Å². The fourth-order valence-corrected chi connectivity index (χ4v) is 5.33. The number of thiophene rings is 1. The van der Waals surface area contributed by atoms with Gasteiger partial charge in [-0.25, -0.2) is 0 Å². The molecule has 0 amide bonds. The number of piperidine rings is 1. The maximum absolute atomic E-state index is 4.47. The van der Waals surface area contributed by atoms with E-state index >= 15 is 0 Å². The highest BCUT2D eigenvalue weighted by molar-refractivity contribution is 7.77. The van der Waals surface area contributed by atoms with Crippen LogP contribution < -0.4 is 0 Å². The van der Waals surface area contributed by atoms with Crippen molar-refractivity contribution in [3.63, 3.8) is 0 Å². The highest BCUT2D eigenvalue weighted by Crippen LogP contribution is 2.45. The molecule has 0 spiro atoms. The van der Waals surface area contributed by atoms with Gasteiger partial charge in [-0.1, -0.05) is 26.7 Å². The van der Waals surface area contributed by atoms with E-state index in [1.54, 1.807) is 20.9 Å². The van der Waals surface area contributed by atoms with Crippen LogP contribution in [-0.2, 0) is 12.8 Å². The van der Waals surface area contributed by atoms with E-state index in [4.69, 9.17) is 0 Å². The lowest BCUT2D eigenvalue weighted by Gasteiger charge is -2.30. The second kappa shape index (κ2) is 5.09.